The number of aromatic amines is 1. The first-order chi connectivity index (χ1) is 51.7. The minimum Gasteiger partial charge on any atom is -0.497 e. The lowest BCUT2D eigenvalue weighted by atomic mass is 9.80. The van der Waals surface area contributed by atoms with Crippen molar-refractivity contribution in [1.82, 2.24) is 46.1 Å². The highest BCUT2D eigenvalue weighted by atomic mass is 33.1. The average molecular weight is 1570 g/mol. The highest BCUT2D eigenvalue weighted by Gasteiger charge is 2.47. The van der Waals surface area contributed by atoms with E-state index >= 15 is 0 Å². The molecule has 1 aliphatic heterocycles. The van der Waals surface area contributed by atoms with Crippen molar-refractivity contribution in [3.8, 4) is 11.5 Å². The first-order valence-electron chi connectivity index (χ1n) is 36.7. The van der Waals surface area contributed by atoms with Crippen LogP contribution in [0.1, 0.15) is 165 Å². The number of H-pyrrole nitrogens is 1. The Balaban J connectivity index is 0.763. The van der Waals surface area contributed by atoms with Crippen LogP contribution in [-0.4, -0.2) is 169 Å². The molecule has 0 spiro atoms. The number of nitrogens with zero attached hydrogens (tertiary/aromatic N) is 5. The number of carbonyl (C=O) groups excluding carboxylic acids is 8. The van der Waals surface area contributed by atoms with E-state index in [9.17, 15) is 56.3 Å². The smallest absolute Gasteiger partial charge is 0.471 e. The molecule has 3 atom stereocenters. The summed E-state index contributed by atoms with van der Waals surface area (Å²) < 4.78 is 71.9. The number of rotatable bonds is 41. The molecule has 1 saturated heterocycles. The van der Waals surface area contributed by atoms with Crippen LogP contribution in [0.3, 0.4) is 0 Å². The quantitative estimate of drug-likeness (QED) is 0.00683. The zero-order valence-corrected chi connectivity index (χ0v) is 66.9. The Morgan fingerprint density at radius 1 is 0.706 bits per heavy atom. The van der Waals surface area contributed by atoms with Crippen LogP contribution in [0.2, 0.25) is 18.1 Å². The van der Waals surface area contributed by atoms with Crippen molar-refractivity contribution in [2.24, 2.45) is 5.92 Å². The molecular weight excluding hydrogens is 1460 g/mol. The summed E-state index contributed by atoms with van der Waals surface area (Å²) in [7, 11) is 5.47. The third kappa shape index (κ3) is 25.8. The Kier molecular flexibility index (Phi) is 32.6. The van der Waals surface area contributed by atoms with Crippen LogP contribution in [-0.2, 0) is 59.6 Å². The molecular formula is C78H104F3N11O14S2Si. The molecule has 1 aliphatic rings. The summed E-state index contributed by atoms with van der Waals surface area (Å²) in [6, 6.07) is 28.8. The van der Waals surface area contributed by atoms with Crippen LogP contribution in [0.4, 0.5) is 24.8 Å². The van der Waals surface area contributed by atoms with Gasteiger partial charge in [-0.25, -0.2) is 14.8 Å². The Morgan fingerprint density at radius 3 is 1.86 bits per heavy atom. The molecule has 0 saturated carbocycles. The molecule has 2 aromatic heterocycles. The number of amides is 7. The number of ether oxygens (including phenoxy) is 4. The van der Waals surface area contributed by atoms with Crippen molar-refractivity contribution in [1.29, 1.82) is 0 Å². The number of methoxy groups -OCH3 is 3. The molecule has 0 radical (unpaired) electrons. The average Bonchev–Trinajstić information content (AvgIpc) is 1.14. The van der Waals surface area contributed by atoms with Crippen LogP contribution in [0.15, 0.2) is 114 Å². The molecule has 0 aliphatic carbocycles. The van der Waals surface area contributed by atoms with Gasteiger partial charge in [0.05, 0.1) is 58.5 Å². The number of alkyl halides is 3. The third-order valence-electron chi connectivity index (χ3n) is 19.1. The van der Waals surface area contributed by atoms with Gasteiger partial charge in [0.15, 0.2) is 19.5 Å². The fraction of sp³-hybridized carbons (Fsp3) is 0.513. The minimum absolute atomic E-state index is 0.0228. The molecule has 1 fully saturated rings. The van der Waals surface area contributed by atoms with Crippen LogP contribution in [0.25, 0.3) is 11.2 Å². The van der Waals surface area contributed by atoms with E-state index in [0.717, 1.165) is 78.6 Å². The first-order valence-corrected chi connectivity index (χ1v) is 41.9. The molecule has 592 valence electrons. The topological polar surface area (TPSA) is 321 Å². The van der Waals surface area contributed by atoms with Crippen LogP contribution >= 0.6 is 21.6 Å². The van der Waals surface area contributed by atoms with Gasteiger partial charge in [0.2, 0.25) is 35.5 Å². The number of fused-ring (bicyclic) bond motifs is 1. The van der Waals surface area contributed by atoms with Gasteiger partial charge < -0.3 is 49.5 Å². The monoisotopic (exact) mass is 1570 g/mol. The van der Waals surface area contributed by atoms with Gasteiger partial charge in [-0.05, 0) is 142 Å². The van der Waals surface area contributed by atoms with E-state index in [1.54, 1.807) is 49.7 Å². The summed E-state index contributed by atoms with van der Waals surface area (Å²) in [5, 5.41) is 13.7. The number of anilines is 2. The van der Waals surface area contributed by atoms with E-state index in [0.29, 0.717) is 94.6 Å². The van der Waals surface area contributed by atoms with E-state index in [4.69, 9.17) is 23.4 Å². The molecule has 25 nitrogen and oxygen atoms in total. The van der Waals surface area contributed by atoms with E-state index < -0.39 is 73.8 Å². The summed E-state index contributed by atoms with van der Waals surface area (Å²) in [6.07, 6.45) is 1.41. The molecule has 6 aromatic rings. The second-order valence-electron chi connectivity index (χ2n) is 29.2. The number of halogens is 3. The van der Waals surface area contributed by atoms with Gasteiger partial charge in [0.25, 0.3) is 11.5 Å². The van der Waals surface area contributed by atoms with Crippen molar-refractivity contribution in [2.45, 2.75) is 191 Å². The summed E-state index contributed by atoms with van der Waals surface area (Å²) in [5.41, 5.74) is -0.409. The van der Waals surface area contributed by atoms with Crippen LogP contribution in [0.5, 0.6) is 11.5 Å². The van der Waals surface area contributed by atoms with E-state index in [1.165, 1.54) is 0 Å². The highest BCUT2D eigenvalue weighted by molar-refractivity contribution is 8.77. The van der Waals surface area contributed by atoms with Crippen molar-refractivity contribution in [3.63, 3.8) is 0 Å². The first kappa shape index (κ1) is 87.3. The second-order valence-corrected chi connectivity index (χ2v) is 37.1. The highest BCUT2D eigenvalue weighted by Crippen LogP contribution is 2.44. The van der Waals surface area contributed by atoms with Crippen molar-refractivity contribution in [3.05, 3.63) is 148 Å². The zero-order valence-electron chi connectivity index (χ0n) is 64.2. The maximum atomic E-state index is 14.4. The number of aromatic nitrogens is 4. The summed E-state index contributed by atoms with van der Waals surface area (Å²) in [5.74, 6) is -3.48. The lowest BCUT2D eigenvalue weighted by molar-refractivity contribution is -0.170. The fourth-order valence-corrected chi connectivity index (χ4v) is 15.7. The number of esters is 1. The molecule has 6 N–H and O–H groups in total. The van der Waals surface area contributed by atoms with Gasteiger partial charge in [-0.1, -0.05) is 124 Å². The fourth-order valence-electron chi connectivity index (χ4n) is 11.9. The SMILES string of the molecule is COC(=O)[C@H](CCC(=O)NCCCCCC(=O)NCCSSC(C)(C)CCC(=O)NCCCCCC(=O)N1C[C@H](O[Si](C)(C)C(C)(C)C)C[C@H]1COC(c1ccccc1)(c1ccc(OC)cc1)c1ccc(OC)cc1)NC(=O)c1ccc(N(Cc2cnc3nc(NC(=O)C(C)C)[nH]c(=O)c3n2)C(=O)C(F)(F)F)cc1. The number of unbranched alkanes of at least 4 members (excludes halogenated alkanes) is 4. The second kappa shape index (κ2) is 40.7. The summed E-state index contributed by atoms with van der Waals surface area (Å²) in [4.78, 5) is 133. The van der Waals surface area contributed by atoms with Crippen LogP contribution in [0, 0.1) is 5.92 Å². The van der Waals surface area contributed by atoms with E-state index in [-0.39, 0.29) is 93.2 Å². The zero-order chi connectivity index (χ0) is 79.7. The Morgan fingerprint density at radius 2 is 1.28 bits per heavy atom. The Hall–Kier alpha value is -8.91. The molecule has 7 amide bonds. The van der Waals surface area contributed by atoms with E-state index in [1.807, 2.05) is 71.6 Å². The summed E-state index contributed by atoms with van der Waals surface area (Å²) >= 11 is 0. The molecule has 31 heteroatoms. The number of hydrogen-bond donors (Lipinski definition) is 6. The van der Waals surface area contributed by atoms with Gasteiger partial charge in [0.1, 0.15) is 23.1 Å². The molecule has 0 unspecified atom stereocenters. The minimum atomic E-state index is -5.36. The summed E-state index contributed by atoms with van der Waals surface area (Å²) in [6.45, 7) is 19.7. The predicted molar refractivity (Wildman–Crippen MR) is 417 cm³/mol. The normalized spacial score (nSPS) is 14.4. The molecule has 3 heterocycles. The lowest BCUT2D eigenvalue weighted by Crippen LogP contribution is -2.45. The largest absolute Gasteiger partial charge is 0.497 e. The van der Waals surface area contributed by atoms with Crippen molar-refractivity contribution < 1.29 is 74.9 Å². The molecule has 0 bridgehead atoms. The van der Waals surface area contributed by atoms with Crippen molar-refractivity contribution in [2.75, 3.05) is 70.1 Å². The maximum absolute atomic E-state index is 14.4. The number of likely N-dealkylation sites (tertiary alicyclic amines) is 1. The predicted octanol–water partition coefficient (Wildman–Crippen LogP) is 11.9. The van der Waals surface area contributed by atoms with E-state index in [2.05, 4.69) is 106 Å². The molecule has 109 heavy (non-hydrogen) atoms. The van der Waals surface area contributed by atoms with Gasteiger partial charge >= 0.3 is 18.1 Å². The molecule has 4 aromatic carbocycles. The Labute approximate surface area is 644 Å². The number of hydrogen-bond acceptors (Lipinski definition) is 19. The molecule has 7 rings (SSSR count). The lowest BCUT2D eigenvalue weighted by Gasteiger charge is -2.38. The van der Waals surface area contributed by atoms with Crippen LogP contribution < -0.4 is 46.5 Å². The number of carbonyl (C=O) groups is 8. The van der Waals surface area contributed by atoms with Gasteiger partial charge in [-0.15, -0.1) is 0 Å². The number of benzene rings is 4. The Bertz CT molecular complexity index is 4050. The number of nitrogens with one attached hydrogen (secondary N) is 6. The van der Waals surface area contributed by atoms with Gasteiger partial charge in [-0.2, -0.15) is 18.2 Å². The third-order valence-corrected chi connectivity index (χ3v) is 27.0. The standard InChI is InChI=1S/C78H104F3N11O14S2Si/c1-51(2)69(97)89-74-88-68-67(71(99)90-74)86-56(47-85-68)48-92(73(101)78(79,80)81)57-32-26-52(27-33-57)70(98)87-62(72(100)104-10)38-39-64(94)82-42-20-14-18-24-63(93)84-44-45-107-108-76(6,7)41-40-65(95)83-43-21-15-19-25-66(96)91-49-61(106-109(11,12)75(3,4)5)46-58(91)50-105-77(53-22-16-13-17-23-53,54-28-34-59(102-8)35-29-54)55-30-36-60(103-9)37-31-55/h13,16-17,22-23,26-37,47,51,58,61-62H,14-15,18-21,24-25,38-46,48-50H2,1-12H3,(H,82,94)(H,83,95)(H,84,93)(H,87,98)(H2,85,88,89,90,97,99)/t58-,61+,62-/m0/s1. The maximum Gasteiger partial charge on any atom is 0.471 e. The van der Waals surface area contributed by atoms with Gasteiger partial charge in [0, 0.05) is 79.5 Å². The van der Waals surface area contributed by atoms with Gasteiger partial charge in [-0.3, -0.25) is 53.6 Å². The van der Waals surface area contributed by atoms with Crippen molar-refractivity contribution >= 4 is 100 Å².